The predicted octanol–water partition coefficient (Wildman–Crippen LogP) is 2.35. The fourth-order valence-electron chi connectivity index (χ4n) is 2.65. The Bertz CT molecular complexity index is 813. The van der Waals surface area contributed by atoms with Crippen molar-refractivity contribution in [3.05, 3.63) is 60.6 Å². The number of hydrogen-bond acceptors (Lipinski definition) is 3. The van der Waals surface area contributed by atoms with Crippen molar-refractivity contribution in [2.24, 2.45) is 4.99 Å². The molecule has 0 unspecified atom stereocenters. The largest absolute Gasteiger partial charge is 0.490 e. The number of rotatable bonds is 7. The zero-order chi connectivity index (χ0) is 17.3. The van der Waals surface area contributed by atoms with Crippen molar-refractivity contribution in [2.45, 2.75) is 6.42 Å². The van der Waals surface area contributed by atoms with E-state index in [1.165, 1.54) is 16.5 Å². The van der Waals surface area contributed by atoms with E-state index in [1.54, 1.807) is 19.4 Å². The molecule has 130 valence electrons. The number of pyridine rings is 1. The Hall–Kier alpha value is -3.02. The number of benzene rings is 1. The maximum atomic E-state index is 5.60. The molecule has 6 nitrogen and oxygen atoms in total. The maximum Gasteiger partial charge on any atom is 0.191 e. The lowest BCUT2D eigenvalue weighted by Gasteiger charge is -2.12. The molecule has 0 spiro atoms. The summed E-state index contributed by atoms with van der Waals surface area (Å²) in [6, 6.07) is 12.1. The fraction of sp³-hybridized carbons (Fsp3) is 0.263. The van der Waals surface area contributed by atoms with Gasteiger partial charge in [0.1, 0.15) is 12.4 Å². The van der Waals surface area contributed by atoms with Crippen LogP contribution in [0.5, 0.6) is 5.75 Å². The SMILES string of the molecule is CN=C(NCCOc1cccnc1)NCCc1c[nH]c2ccccc12. The molecule has 0 aliphatic carbocycles. The average Bonchev–Trinajstić information content (AvgIpc) is 3.08. The first-order valence-electron chi connectivity index (χ1n) is 8.39. The van der Waals surface area contributed by atoms with Crippen LogP contribution in [0.1, 0.15) is 5.56 Å². The van der Waals surface area contributed by atoms with Crippen molar-refractivity contribution >= 4 is 16.9 Å². The van der Waals surface area contributed by atoms with Crippen LogP contribution >= 0.6 is 0 Å². The highest BCUT2D eigenvalue weighted by Gasteiger charge is 2.03. The Kier molecular flexibility index (Phi) is 5.87. The minimum absolute atomic E-state index is 0.550. The van der Waals surface area contributed by atoms with Crippen LogP contribution in [-0.4, -0.2) is 42.7 Å². The lowest BCUT2D eigenvalue weighted by Crippen LogP contribution is -2.40. The summed E-state index contributed by atoms with van der Waals surface area (Å²) in [5.41, 5.74) is 2.48. The smallest absolute Gasteiger partial charge is 0.191 e. The first-order chi connectivity index (χ1) is 12.4. The van der Waals surface area contributed by atoms with E-state index in [0.29, 0.717) is 13.2 Å². The number of nitrogens with zero attached hydrogens (tertiary/aromatic N) is 2. The predicted molar refractivity (Wildman–Crippen MR) is 101 cm³/mol. The summed E-state index contributed by atoms with van der Waals surface area (Å²) in [6.45, 7) is 2.03. The third kappa shape index (κ3) is 4.73. The molecular weight excluding hydrogens is 314 g/mol. The molecule has 1 aromatic carbocycles. The Morgan fingerprint density at radius 3 is 2.88 bits per heavy atom. The van der Waals surface area contributed by atoms with Gasteiger partial charge < -0.3 is 20.4 Å². The molecule has 2 heterocycles. The molecule has 0 saturated heterocycles. The van der Waals surface area contributed by atoms with E-state index in [9.17, 15) is 0 Å². The van der Waals surface area contributed by atoms with E-state index >= 15 is 0 Å². The molecule has 0 radical (unpaired) electrons. The number of aliphatic imine (C=N–C) groups is 1. The highest BCUT2D eigenvalue weighted by Crippen LogP contribution is 2.17. The van der Waals surface area contributed by atoms with Crippen LogP contribution in [0.2, 0.25) is 0 Å². The molecular formula is C19H23N5O. The molecule has 0 aliphatic heterocycles. The van der Waals surface area contributed by atoms with E-state index in [0.717, 1.165) is 24.7 Å². The van der Waals surface area contributed by atoms with Crippen molar-refractivity contribution in [3.63, 3.8) is 0 Å². The second kappa shape index (κ2) is 8.73. The Labute approximate surface area is 147 Å². The van der Waals surface area contributed by atoms with Crippen molar-refractivity contribution in [3.8, 4) is 5.75 Å². The number of para-hydroxylation sites is 1. The van der Waals surface area contributed by atoms with Crippen LogP contribution in [0.15, 0.2) is 60.0 Å². The Morgan fingerprint density at radius 1 is 1.16 bits per heavy atom. The van der Waals surface area contributed by atoms with E-state index in [2.05, 4.69) is 50.0 Å². The molecule has 3 aromatic rings. The molecule has 0 aliphatic rings. The number of aromatic nitrogens is 2. The molecule has 0 amide bonds. The Balaban J connectivity index is 1.39. The summed E-state index contributed by atoms with van der Waals surface area (Å²) in [5.74, 6) is 1.54. The van der Waals surface area contributed by atoms with E-state index in [-0.39, 0.29) is 0 Å². The van der Waals surface area contributed by atoms with E-state index < -0.39 is 0 Å². The van der Waals surface area contributed by atoms with Crippen LogP contribution < -0.4 is 15.4 Å². The summed E-state index contributed by atoms with van der Waals surface area (Å²) in [4.78, 5) is 11.6. The van der Waals surface area contributed by atoms with Crippen LogP contribution in [0, 0.1) is 0 Å². The number of ether oxygens (including phenoxy) is 1. The Morgan fingerprint density at radius 2 is 2.04 bits per heavy atom. The quantitative estimate of drug-likeness (QED) is 0.351. The molecule has 3 rings (SSSR count). The summed E-state index contributed by atoms with van der Waals surface area (Å²) >= 11 is 0. The minimum Gasteiger partial charge on any atom is -0.490 e. The minimum atomic E-state index is 0.550. The number of aromatic amines is 1. The third-order valence-electron chi connectivity index (χ3n) is 3.88. The summed E-state index contributed by atoms with van der Waals surface area (Å²) in [7, 11) is 1.77. The zero-order valence-electron chi connectivity index (χ0n) is 14.3. The van der Waals surface area contributed by atoms with Gasteiger partial charge >= 0.3 is 0 Å². The first-order valence-corrected chi connectivity index (χ1v) is 8.39. The fourth-order valence-corrected chi connectivity index (χ4v) is 2.65. The molecule has 3 N–H and O–H groups in total. The van der Waals surface area contributed by atoms with Gasteiger partial charge in [-0.3, -0.25) is 9.98 Å². The van der Waals surface area contributed by atoms with Crippen LogP contribution in [0.3, 0.4) is 0 Å². The van der Waals surface area contributed by atoms with Crippen LogP contribution in [0.4, 0.5) is 0 Å². The average molecular weight is 337 g/mol. The lowest BCUT2D eigenvalue weighted by molar-refractivity contribution is 0.320. The topological polar surface area (TPSA) is 74.3 Å². The van der Waals surface area contributed by atoms with Crippen molar-refractivity contribution in [1.82, 2.24) is 20.6 Å². The summed E-state index contributed by atoms with van der Waals surface area (Å²) < 4.78 is 5.60. The maximum absolute atomic E-state index is 5.60. The molecule has 25 heavy (non-hydrogen) atoms. The van der Waals surface area contributed by atoms with Gasteiger partial charge in [0.25, 0.3) is 0 Å². The van der Waals surface area contributed by atoms with Crippen molar-refractivity contribution in [1.29, 1.82) is 0 Å². The molecule has 2 aromatic heterocycles. The first kappa shape index (κ1) is 16.8. The van der Waals surface area contributed by atoms with Gasteiger partial charge in [-0.05, 0) is 30.2 Å². The van der Waals surface area contributed by atoms with Gasteiger partial charge in [0.05, 0.1) is 12.7 Å². The molecule has 6 heteroatoms. The van der Waals surface area contributed by atoms with Crippen molar-refractivity contribution in [2.75, 3.05) is 26.7 Å². The van der Waals surface area contributed by atoms with Gasteiger partial charge in [0.2, 0.25) is 0 Å². The van der Waals surface area contributed by atoms with Gasteiger partial charge in [-0.25, -0.2) is 0 Å². The van der Waals surface area contributed by atoms with Crippen LogP contribution in [0.25, 0.3) is 10.9 Å². The molecule has 0 bridgehead atoms. The van der Waals surface area contributed by atoms with Gasteiger partial charge in [0.15, 0.2) is 5.96 Å². The van der Waals surface area contributed by atoms with Gasteiger partial charge in [-0.15, -0.1) is 0 Å². The highest BCUT2D eigenvalue weighted by atomic mass is 16.5. The standard InChI is InChI=1S/C19H23N5O/c1-20-19(23-11-12-25-16-5-4-9-21-14-16)22-10-8-15-13-24-18-7-3-2-6-17(15)18/h2-7,9,13-14,24H,8,10-12H2,1H3,(H2,20,22,23). The third-order valence-corrected chi connectivity index (χ3v) is 3.88. The number of hydrogen-bond donors (Lipinski definition) is 3. The molecule has 0 saturated carbocycles. The second-order valence-electron chi connectivity index (χ2n) is 5.57. The second-order valence-corrected chi connectivity index (χ2v) is 5.57. The summed E-state index contributed by atoms with van der Waals surface area (Å²) in [5, 5.41) is 7.85. The summed E-state index contributed by atoms with van der Waals surface area (Å²) in [6.07, 6.45) is 6.43. The zero-order valence-corrected chi connectivity index (χ0v) is 14.3. The van der Waals surface area contributed by atoms with Crippen LogP contribution in [-0.2, 0) is 6.42 Å². The normalized spacial score (nSPS) is 11.5. The van der Waals surface area contributed by atoms with Crippen molar-refractivity contribution < 1.29 is 4.74 Å². The highest BCUT2D eigenvalue weighted by molar-refractivity contribution is 5.83. The number of guanidine groups is 1. The van der Waals surface area contributed by atoms with Gasteiger partial charge in [-0.1, -0.05) is 18.2 Å². The number of fused-ring (bicyclic) bond motifs is 1. The van der Waals surface area contributed by atoms with Gasteiger partial charge in [-0.2, -0.15) is 0 Å². The van der Waals surface area contributed by atoms with Gasteiger partial charge in [0, 0.05) is 36.9 Å². The monoisotopic (exact) mass is 337 g/mol. The number of H-pyrrole nitrogens is 1. The van der Waals surface area contributed by atoms with E-state index in [4.69, 9.17) is 4.74 Å². The number of nitrogens with one attached hydrogen (secondary N) is 3. The molecule has 0 fully saturated rings. The molecule has 0 atom stereocenters. The van der Waals surface area contributed by atoms with E-state index in [1.807, 2.05) is 18.2 Å². The lowest BCUT2D eigenvalue weighted by atomic mass is 10.1.